The fourth-order valence-electron chi connectivity index (χ4n) is 3.25. The van der Waals surface area contributed by atoms with Gasteiger partial charge in [-0.25, -0.2) is 9.07 Å². The Bertz CT molecular complexity index is 1120. The molecule has 1 heterocycles. The van der Waals surface area contributed by atoms with Gasteiger partial charge in [0.25, 0.3) is 5.91 Å². The molecule has 144 valence electrons. The lowest BCUT2D eigenvalue weighted by Gasteiger charge is -2.17. The average Bonchev–Trinajstić information content (AvgIpc) is 3.18. The van der Waals surface area contributed by atoms with E-state index in [0.717, 1.165) is 22.5 Å². The summed E-state index contributed by atoms with van der Waals surface area (Å²) in [6, 6.07) is 25.7. The van der Waals surface area contributed by atoms with Crippen LogP contribution in [0.25, 0.3) is 16.9 Å². The van der Waals surface area contributed by atoms with Crippen molar-refractivity contribution >= 4 is 5.91 Å². The standard InChI is InChI=1S/C24H20FN3O/c1-27(24(29)21-14-8-9-15-22(21)25)16-19-17-28(20-12-6-3-7-13-20)26-23(19)18-10-4-2-5-11-18/h2-15,17H,16H2,1H3. The van der Waals surface area contributed by atoms with Crippen molar-refractivity contribution < 1.29 is 9.18 Å². The van der Waals surface area contributed by atoms with Gasteiger partial charge >= 0.3 is 0 Å². The minimum absolute atomic E-state index is 0.0618. The van der Waals surface area contributed by atoms with E-state index in [1.54, 1.807) is 23.9 Å². The van der Waals surface area contributed by atoms with Crippen molar-refractivity contribution in [2.75, 3.05) is 7.05 Å². The van der Waals surface area contributed by atoms with E-state index in [-0.39, 0.29) is 11.5 Å². The molecule has 0 aliphatic rings. The number of nitrogens with zero attached hydrogens (tertiary/aromatic N) is 3. The Morgan fingerprint density at radius 2 is 1.55 bits per heavy atom. The number of benzene rings is 3. The van der Waals surface area contributed by atoms with Crippen LogP contribution in [-0.2, 0) is 6.54 Å². The highest BCUT2D eigenvalue weighted by atomic mass is 19.1. The molecule has 4 nitrogen and oxygen atoms in total. The highest BCUT2D eigenvalue weighted by Crippen LogP contribution is 2.25. The molecule has 4 aromatic rings. The van der Waals surface area contributed by atoms with Crippen molar-refractivity contribution in [3.63, 3.8) is 0 Å². The number of hydrogen-bond acceptors (Lipinski definition) is 2. The highest BCUT2D eigenvalue weighted by molar-refractivity contribution is 5.94. The Hall–Kier alpha value is -3.73. The lowest BCUT2D eigenvalue weighted by atomic mass is 10.1. The van der Waals surface area contributed by atoms with Crippen LogP contribution in [0.5, 0.6) is 0 Å². The first-order valence-corrected chi connectivity index (χ1v) is 9.33. The van der Waals surface area contributed by atoms with Crippen molar-refractivity contribution in [3.8, 4) is 16.9 Å². The minimum atomic E-state index is -0.521. The van der Waals surface area contributed by atoms with Crippen LogP contribution in [0.2, 0.25) is 0 Å². The molecule has 0 saturated carbocycles. The van der Waals surface area contributed by atoms with Crippen LogP contribution >= 0.6 is 0 Å². The van der Waals surface area contributed by atoms with E-state index in [4.69, 9.17) is 5.10 Å². The Balaban J connectivity index is 1.69. The van der Waals surface area contributed by atoms with E-state index in [1.807, 2.05) is 66.9 Å². The van der Waals surface area contributed by atoms with E-state index in [1.165, 1.54) is 17.0 Å². The van der Waals surface area contributed by atoms with Crippen LogP contribution in [0.1, 0.15) is 15.9 Å². The van der Waals surface area contributed by atoms with Crippen LogP contribution < -0.4 is 0 Å². The Morgan fingerprint density at radius 1 is 0.931 bits per heavy atom. The zero-order valence-electron chi connectivity index (χ0n) is 16.0. The van der Waals surface area contributed by atoms with Gasteiger partial charge in [-0.05, 0) is 24.3 Å². The number of para-hydroxylation sites is 1. The maximum absolute atomic E-state index is 14.0. The third-order valence-corrected chi connectivity index (χ3v) is 4.72. The van der Waals surface area contributed by atoms with E-state index in [0.29, 0.717) is 6.54 Å². The first-order chi connectivity index (χ1) is 14.1. The summed E-state index contributed by atoms with van der Waals surface area (Å²) in [6.45, 7) is 0.310. The second-order valence-electron chi connectivity index (χ2n) is 6.79. The molecule has 0 radical (unpaired) electrons. The van der Waals surface area contributed by atoms with Gasteiger partial charge in [-0.3, -0.25) is 4.79 Å². The molecule has 4 rings (SSSR count). The number of aromatic nitrogens is 2. The van der Waals surface area contributed by atoms with Crippen molar-refractivity contribution in [1.82, 2.24) is 14.7 Å². The molecule has 29 heavy (non-hydrogen) atoms. The monoisotopic (exact) mass is 385 g/mol. The number of amides is 1. The summed E-state index contributed by atoms with van der Waals surface area (Å²) in [5.41, 5.74) is 3.63. The molecule has 0 atom stereocenters. The first kappa shape index (κ1) is 18.6. The second kappa shape index (κ2) is 8.10. The van der Waals surface area contributed by atoms with Crippen LogP contribution in [-0.4, -0.2) is 27.6 Å². The molecule has 0 aliphatic heterocycles. The van der Waals surface area contributed by atoms with Gasteiger partial charge in [-0.15, -0.1) is 0 Å². The molecule has 0 aliphatic carbocycles. The van der Waals surface area contributed by atoms with Crippen molar-refractivity contribution in [2.24, 2.45) is 0 Å². The fraction of sp³-hybridized carbons (Fsp3) is 0.0833. The highest BCUT2D eigenvalue weighted by Gasteiger charge is 2.19. The predicted octanol–water partition coefficient (Wildman–Crippen LogP) is 4.95. The van der Waals surface area contributed by atoms with Gasteiger partial charge in [0.1, 0.15) is 5.82 Å². The number of rotatable bonds is 5. The van der Waals surface area contributed by atoms with Gasteiger partial charge in [0.05, 0.1) is 16.9 Å². The first-order valence-electron chi connectivity index (χ1n) is 9.33. The van der Waals surface area contributed by atoms with Gasteiger partial charge in [0.15, 0.2) is 0 Å². The molecule has 1 amide bonds. The van der Waals surface area contributed by atoms with E-state index in [9.17, 15) is 9.18 Å². The van der Waals surface area contributed by atoms with Gasteiger partial charge in [-0.2, -0.15) is 5.10 Å². The summed E-state index contributed by atoms with van der Waals surface area (Å²) in [7, 11) is 1.67. The molecule has 1 aromatic heterocycles. The zero-order valence-corrected chi connectivity index (χ0v) is 16.0. The van der Waals surface area contributed by atoms with Crippen LogP contribution in [0.3, 0.4) is 0 Å². The molecule has 0 fully saturated rings. The Labute approximate surface area is 168 Å². The Morgan fingerprint density at radius 3 is 2.24 bits per heavy atom. The van der Waals surface area contributed by atoms with Gasteiger partial charge in [0.2, 0.25) is 0 Å². The maximum Gasteiger partial charge on any atom is 0.256 e. The van der Waals surface area contributed by atoms with Gasteiger partial charge in [0, 0.05) is 30.9 Å². The summed E-state index contributed by atoms with van der Waals surface area (Å²) in [6.07, 6.45) is 1.92. The molecule has 0 bridgehead atoms. The summed E-state index contributed by atoms with van der Waals surface area (Å²) >= 11 is 0. The number of hydrogen-bond donors (Lipinski definition) is 0. The SMILES string of the molecule is CN(Cc1cn(-c2ccccc2)nc1-c1ccccc1)C(=O)c1ccccc1F. The van der Waals surface area contributed by atoms with Crippen molar-refractivity contribution in [1.29, 1.82) is 0 Å². The Kier molecular flexibility index (Phi) is 5.20. The number of halogens is 1. The molecular weight excluding hydrogens is 365 g/mol. The maximum atomic E-state index is 14.0. The minimum Gasteiger partial charge on any atom is -0.337 e. The normalized spacial score (nSPS) is 10.7. The molecule has 0 N–H and O–H groups in total. The van der Waals surface area contributed by atoms with Crippen LogP contribution in [0.4, 0.5) is 4.39 Å². The van der Waals surface area contributed by atoms with Gasteiger partial charge in [-0.1, -0.05) is 60.7 Å². The fourth-order valence-corrected chi connectivity index (χ4v) is 3.25. The van der Waals surface area contributed by atoms with Crippen molar-refractivity contribution in [3.05, 3.63) is 108 Å². The quantitative estimate of drug-likeness (QED) is 0.487. The smallest absolute Gasteiger partial charge is 0.256 e. The van der Waals surface area contributed by atoms with Gasteiger partial charge < -0.3 is 4.90 Å². The van der Waals surface area contributed by atoms with Crippen LogP contribution in [0.15, 0.2) is 91.1 Å². The summed E-state index contributed by atoms with van der Waals surface area (Å²) < 4.78 is 15.8. The van der Waals surface area contributed by atoms with E-state index < -0.39 is 5.82 Å². The van der Waals surface area contributed by atoms with Crippen LogP contribution in [0, 0.1) is 5.82 Å². The van der Waals surface area contributed by atoms with Crippen molar-refractivity contribution in [2.45, 2.75) is 6.54 Å². The van der Waals surface area contributed by atoms with E-state index >= 15 is 0 Å². The lowest BCUT2D eigenvalue weighted by Crippen LogP contribution is -2.27. The topological polar surface area (TPSA) is 38.1 Å². The molecule has 0 spiro atoms. The zero-order chi connectivity index (χ0) is 20.2. The lowest BCUT2D eigenvalue weighted by molar-refractivity contribution is 0.0780. The summed E-state index contributed by atoms with van der Waals surface area (Å²) in [4.78, 5) is 14.3. The molecule has 0 saturated heterocycles. The average molecular weight is 385 g/mol. The summed E-state index contributed by atoms with van der Waals surface area (Å²) in [5.74, 6) is -0.887. The third-order valence-electron chi connectivity index (χ3n) is 4.72. The summed E-state index contributed by atoms with van der Waals surface area (Å²) in [5, 5.41) is 4.76. The number of carbonyl (C=O) groups is 1. The van der Waals surface area contributed by atoms with E-state index in [2.05, 4.69) is 0 Å². The number of carbonyl (C=O) groups excluding carboxylic acids is 1. The molecular formula is C24H20FN3O. The molecule has 0 unspecified atom stereocenters. The molecule has 5 heteroatoms. The third kappa shape index (κ3) is 3.94. The largest absolute Gasteiger partial charge is 0.337 e. The molecule has 3 aromatic carbocycles. The second-order valence-corrected chi connectivity index (χ2v) is 6.79. The predicted molar refractivity (Wildman–Crippen MR) is 111 cm³/mol.